The van der Waals surface area contributed by atoms with Gasteiger partial charge in [0.25, 0.3) is 0 Å². The SMILES string of the molecule is CCCCCCCCC=CCCCCCCCCN(CCCCN(CCCCCCCCC=CCCCCCCCC)CC(O)CN)CC(O)CN. The predicted molar refractivity (Wildman–Crippen MR) is 231 cm³/mol. The second-order valence-electron chi connectivity index (χ2n) is 16.0. The first-order chi connectivity index (χ1) is 25.6. The Labute approximate surface area is 326 Å². The van der Waals surface area contributed by atoms with Crippen LogP contribution in [0.4, 0.5) is 0 Å². The summed E-state index contributed by atoms with van der Waals surface area (Å²) in [7, 11) is 0. The highest BCUT2D eigenvalue weighted by Crippen LogP contribution is 2.13. The fourth-order valence-electron chi connectivity index (χ4n) is 7.17. The Morgan fingerprint density at radius 1 is 0.365 bits per heavy atom. The standard InChI is InChI=1S/C46H94N4O2/c1-3-5-7-9-11-13-15-17-19-21-23-25-27-29-31-33-37-49(43-45(51)41-47)39-35-36-40-50(44-46(52)42-48)38-34-32-30-28-26-24-22-20-18-16-14-12-10-8-6-4-2/h17-20,45-46,51-52H,3-16,21-44,47-48H2,1-2H3. The summed E-state index contributed by atoms with van der Waals surface area (Å²) in [6.45, 7) is 10.7. The Bertz CT molecular complexity index is 673. The predicted octanol–water partition coefficient (Wildman–Crippen LogP) is 11.1. The molecule has 0 bridgehead atoms. The first kappa shape index (κ1) is 51.2. The van der Waals surface area contributed by atoms with Crippen LogP contribution in [0, 0.1) is 0 Å². The second kappa shape index (κ2) is 43.0. The highest BCUT2D eigenvalue weighted by molar-refractivity contribution is 4.82. The number of aliphatic hydroxyl groups excluding tert-OH is 2. The maximum absolute atomic E-state index is 10.3. The number of nitrogens with zero attached hydrogens (tertiary/aromatic N) is 2. The molecule has 0 saturated heterocycles. The average molecular weight is 735 g/mol. The Morgan fingerprint density at radius 2 is 0.596 bits per heavy atom. The third-order valence-electron chi connectivity index (χ3n) is 10.7. The van der Waals surface area contributed by atoms with E-state index in [1.807, 2.05) is 0 Å². The summed E-state index contributed by atoms with van der Waals surface area (Å²) in [6, 6.07) is 0. The summed E-state index contributed by atoms with van der Waals surface area (Å²) < 4.78 is 0. The number of hydrogen-bond donors (Lipinski definition) is 4. The molecule has 0 spiro atoms. The van der Waals surface area contributed by atoms with E-state index in [9.17, 15) is 10.2 Å². The molecule has 310 valence electrons. The number of hydrogen-bond acceptors (Lipinski definition) is 6. The normalized spacial score (nSPS) is 13.5. The lowest BCUT2D eigenvalue weighted by atomic mass is 10.1. The quantitative estimate of drug-likeness (QED) is 0.0368. The molecule has 0 aliphatic heterocycles. The van der Waals surface area contributed by atoms with Crippen molar-refractivity contribution in [1.82, 2.24) is 9.80 Å². The van der Waals surface area contributed by atoms with Gasteiger partial charge in [-0.15, -0.1) is 0 Å². The van der Waals surface area contributed by atoms with Gasteiger partial charge in [0.2, 0.25) is 0 Å². The molecule has 0 aliphatic rings. The van der Waals surface area contributed by atoms with Crippen LogP contribution in [-0.4, -0.2) is 84.6 Å². The third-order valence-corrected chi connectivity index (χ3v) is 10.7. The Kier molecular flexibility index (Phi) is 42.3. The third kappa shape index (κ3) is 38.9. The van der Waals surface area contributed by atoms with Crippen molar-refractivity contribution in [3.8, 4) is 0 Å². The van der Waals surface area contributed by atoms with E-state index in [1.54, 1.807) is 0 Å². The van der Waals surface area contributed by atoms with Crippen molar-refractivity contribution in [3.05, 3.63) is 24.3 Å². The molecular formula is C46H94N4O2. The highest BCUT2D eigenvalue weighted by atomic mass is 16.3. The molecule has 0 heterocycles. The number of aliphatic hydroxyl groups is 2. The number of unbranched alkanes of at least 4 members (excludes halogenated alkanes) is 25. The van der Waals surface area contributed by atoms with Gasteiger partial charge >= 0.3 is 0 Å². The van der Waals surface area contributed by atoms with Gasteiger partial charge < -0.3 is 31.5 Å². The average Bonchev–Trinajstić information content (AvgIpc) is 3.15. The van der Waals surface area contributed by atoms with Crippen molar-refractivity contribution < 1.29 is 10.2 Å². The Balaban J connectivity index is 4.08. The van der Waals surface area contributed by atoms with Crippen LogP contribution in [0.3, 0.4) is 0 Å². The van der Waals surface area contributed by atoms with E-state index < -0.39 is 12.2 Å². The minimum Gasteiger partial charge on any atom is -0.390 e. The lowest BCUT2D eigenvalue weighted by Gasteiger charge is -2.27. The van der Waals surface area contributed by atoms with Crippen molar-refractivity contribution in [2.45, 2.75) is 219 Å². The topological polar surface area (TPSA) is 99.0 Å². The molecule has 0 aliphatic carbocycles. The first-order valence-electron chi connectivity index (χ1n) is 23.1. The summed E-state index contributed by atoms with van der Waals surface area (Å²) >= 11 is 0. The van der Waals surface area contributed by atoms with E-state index in [4.69, 9.17) is 11.5 Å². The summed E-state index contributed by atoms with van der Waals surface area (Å²) in [5, 5.41) is 20.6. The fourth-order valence-corrected chi connectivity index (χ4v) is 7.17. The fraction of sp³-hybridized carbons (Fsp3) is 0.913. The highest BCUT2D eigenvalue weighted by Gasteiger charge is 2.13. The maximum Gasteiger partial charge on any atom is 0.0789 e. The Morgan fingerprint density at radius 3 is 0.865 bits per heavy atom. The van der Waals surface area contributed by atoms with Gasteiger partial charge in [0.05, 0.1) is 12.2 Å². The molecule has 0 rings (SSSR count). The lowest BCUT2D eigenvalue weighted by molar-refractivity contribution is 0.107. The molecule has 6 heteroatoms. The second-order valence-corrected chi connectivity index (χ2v) is 16.0. The van der Waals surface area contributed by atoms with Gasteiger partial charge in [-0.25, -0.2) is 0 Å². The van der Waals surface area contributed by atoms with E-state index in [0.717, 1.165) is 39.0 Å². The van der Waals surface area contributed by atoms with Gasteiger partial charge in [-0.3, -0.25) is 0 Å². The minimum absolute atomic E-state index is 0.324. The molecule has 0 saturated carbocycles. The smallest absolute Gasteiger partial charge is 0.0789 e. The van der Waals surface area contributed by atoms with Crippen molar-refractivity contribution >= 4 is 0 Å². The number of nitrogens with two attached hydrogens (primary N) is 2. The molecule has 52 heavy (non-hydrogen) atoms. The van der Waals surface area contributed by atoms with Crippen LogP contribution >= 0.6 is 0 Å². The van der Waals surface area contributed by atoms with Crippen LogP contribution in [0.25, 0.3) is 0 Å². The van der Waals surface area contributed by atoms with Gasteiger partial charge in [-0.2, -0.15) is 0 Å². The molecular weight excluding hydrogens is 641 g/mol. The molecule has 2 atom stereocenters. The summed E-state index contributed by atoms with van der Waals surface area (Å²) in [5.74, 6) is 0. The van der Waals surface area contributed by atoms with E-state index in [1.165, 1.54) is 180 Å². The number of allylic oxidation sites excluding steroid dienone is 4. The van der Waals surface area contributed by atoms with E-state index in [-0.39, 0.29) is 0 Å². The van der Waals surface area contributed by atoms with Crippen LogP contribution < -0.4 is 11.5 Å². The van der Waals surface area contributed by atoms with Crippen LogP contribution in [0.15, 0.2) is 24.3 Å². The maximum atomic E-state index is 10.3. The molecule has 0 aromatic heterocycles. The largest absolute Gasteiger partial charge is 0.390 e. The monoisotopic (exact) mass is 735 g/mol. The molecule has 0 aromatic carbocycles. The first-order valence-corrected chi connectivity index (χ1v) is 23.1. The van der Waals surface area contributed by atoms with Crippen LogP contribution in [0.2, 0.25) is 0 Å². The molecule has 6 N–H and O–H groups in total. The van der Waals surface area contributed by atoms with Crippen LogP contribution in [0.5, 0.6) is 0 Å². The molecule has 6 nitrogen and oxygen atoms in total. The van der Waals surface area contributed by atoms with Crippen LogP contribution in [-0.2, 0) is 0 Å². The molecule has 0 radical (unpaired) electrons. The van der Waals surface area contributed by atoms with Crippen molar-refractivity contribution in [3.63, 3.8) is 0 Å². The van der Waals surface area contributed by atoms with Gasteiger partial charge in [0.1, 0.15) is 0 Å². The van der Waals surface area contributed by atoms with Crippen molar-refractivity contribution in [1.29, 1.82) is 0 Å². The molecule has 2 unspecified atom stereocenters. The van der Waals surface area contributed by atoms with E-state index in [0.29, 0.717) is 26.2 Å². The zero-order valence-electron chi connectivity index (χ0n) is 35.3. The van der Waals surface area contributed by atoms with Gasteiger partial charge in [-0.05, 0) is 103 Å². The number of rotatable bonds is 43. The summed E-state index contributed by atoms with van der Waals surface area (Å²) in [6.07, 6.45) is 48.0. The molecule has 0 fully saturated rings. The Hall–Kier alpha value is -0.760. The van der Waals surface area contributed by atoms with E-state index >= 15 is 0 Å². The summed E-state index contributed by atoms with van der Waals surface area (Å²) in [4.78, 5) is 4.85. The molecule has 0 aromatic rings. The molecule has 0 amide bonds. The van der Waals surface area contributed by atoms with Gasteiger partial charge in [0.15, 0.2) is 0 Å². The van der Waals surface area contributed by atoms with Crippen molar-refractivity contribution in [2.24, 2.45) is 11.5 Å². The zero-order valence-corrected chi connectivity index (χ0v) is 35.3. The van der Waals surface area contributed by atoms with Gasteiger partial charge in [-0.1, -0.05) is 154 Å². The zero-order chi connectivity index (χ0) is 38.0. The lowest BCUT2D eigenvalue weighted by Crippen LogP contribution is -2.39. The van der Waals surface area contributed by atoms with Crippen molar-refractivity contribution in [2.75, 3.05) is 52.4 Å². The minimum atomic E-state index is -0.448. The summed E-state index contributed by atoms with van der Waals surface area (Å²) in [5.41, 5.74) is 11.5. The van der Waals surface area contributed by atoms with Gasteiger partial charge in [0, 0.05) is 26.2 Å². The van der Waals surface area contributed by atoms with E-state index in [2.05, 4.69) is 48.0 Å². The van der Waals surface area contributed by atoms with Crippen LogP contribution in [0.1, 0.15) is 206 Å².